The van der Waals surface area contributed by atoms with Crippen molar-refractivity contribution >= 4 is 29.1 Å². The number of rotatable bonds is 9. The van der Waals surface area contributed by atoms with Crippen molar-refractivity contribution < 1.29 is 19.5 Å². The summed E-state index contributed by atoms with van der Waals surface area (Å²) in [7, 11) is 0. The van der Waals surface area contributed by atoms with Crippen LogP contribution < -0.4 is 10.6 Å². The number of carboxylic acid groups (broad SMARTS) is 1. The first-order valence-electron chi connectivity index (χ1n) is 16.3. The first-order valence-corrected chi connectivity index (χ1v) is 17.1. The van der Waals surface area contributed by atoms with Gasteiger partial charge in [-0.25, -0.2) is 9.97 Å². The fraction of sp³-hybridized carbons (Fsp3) is 0.275. The zero-order chi connectivity index (χ0) is 35.1. The maximum Gasteiger partial charge on any atom is 0.325 e. The van der Waals surface area contributed by atoms with Crippen molar-refractivity contribution in [2.45, 2.75) is 70.9 Å². The minimum Gasteiger partial charge on any atom is -0.480 e. The Balaban J connectivity index is 1.18. The van der Waals surface area contributed by atoms with E-state index in [1.54, 1.807) is 6.07 Å². The molecule has 6 rings (SSSR count). The molecule has 9 heteroatoms. The summed E-state index contributed by atoms with van der Waals surface area (Å²) in [6.07, 6.45) is 3.84. The Bertz CT molecular complexity index is 2040. The Morgan fingerprint density at radius 3 is 2.12 bits per heavy atom. The summed E-state index contributed by atoms with van der Waals surface area (Å²) in [5, 5.41) is 14.7. The Labute approximate surface area is 290 Å². The van der Waals surface area contributed by atoms with E-state index in [-0.39, 0.29) is 23.2 Å². The van der Waals surface area contributed by atoms with Crippen LogP contribution in [0.4, 0.5) is 0 Å². The molecule has 2 amide bonds. The quantitative estimate of drug-likeness (QED) is 0.150. The lowest BCUT2D eigenvalue weighted by atomic mass is 9.82. The van der Waals surface area contributed by atoms with E-state index in [1.165, 1.54) is 40.5 Å². The van der Waals surface area contributed by atoms with Crippen LogP contribution in [-0.4, -0.2) is 44.9 Å². The summed E-state index contributed by atoms with van der Waals surface area (Å²) in [4.78, 5) is 48.7. The van der Waals surface area contributed by atoms with Crippen molar-refractivity contribution in [1.82, 2.24) is 20.6 Å². The van der Waals surface area contributed by atoms with Crippen LogP contribution in [0.3, 0.4) is 0 Å². The normalized spacial score (nSPS) is 14.3. The number of thiophene rings is 1. The second-order valence-corrected chi connectivity index (χ2v) is 15.2. The Hall–Kier alpha value is -5.15. The molecule has 250 valence electrons. The molecule has 2 aromatic heterocycles. The van der Waals surface area contributed by atoms with Crippen LogP contribution in [0.5, 0.6) is 0 Å². The fourth-order valence-corrected chi connectivity index (χ4v) is 7.18. The second-order valence-electron chi connectivity index (χ2n) is 14.1. The zero-order valence-electron chi connectivity index (χ0n) is 28.5. The Morgan fingerprint density at radius 1 is 0.816 bits per heavy atom. The van der Waals surface area contributed by atoms with Gasteiger partial charge in [0.1, 0.15) is 12.1 Å². The van der Waals surface area contributed by atoms with Gasteiger partial charge in [-0.15, -0.1) is 11.3 Å². The van der Waals surface area contributed by atoms with Gasteiger partial charge in [0.15, 0.2) is 5.82 Å². The van der Waals surface area contributed by atoms with Crippen LogP contribution in [0, 0.1) is 0 Å². The minimum atomic E-state index is -1.16. The van der Waals surface area contributed by atoms with Crippen LogP contribution in [0.1, 0.15) is 72.8 Å². The number of carboxylic acids is 1. The number of aromatic nitrogens is 2. The van der Waals surface area contributed by atoms with Gasteiger partial charge in [-0.3, -0.25) is 14.4 Å². The van der Waals surface area contributed by atoms with E-state index in [0.29, 0.717) is 10.7 Å². The predicted molar refractivity (Wildman–Crippen MR) is 194 cm³/mol. The predicted octanol–water partition coefficient (Wildman–Crippen LogP) is 7.41. The summed E-state index contributed by atoms with van der Waals surface area (Å²) in [6.45, 7) is 12.1. The number of hydrogen-bond acceptors (Lipinski definition) is 6. The maximum atomic E-state index is 13.2. The van der Waals surface area contributed by atoms with E-state index in [9.17, 15) is 19.5 Å². The molecule has 3 N–H and O–H groups in total. The van der Waals surface area contributed by atoms with Crippen molar-refractivity contribution in [1.29, 1.82) is 0 Å². The van der Waals surface area contributed by atoms with Crippen LogP contribution in [0.15, 0.2) is 91.3 Å². The lowest BCUT2D eigenvalue weighted by Crippen LogP contribution is -2.51. The topological polar surface area (TPSA) is 121 Å². The molecule has 0 spiro atoms. The van der Waals surface area contributed by atoms with Gasteiger partial charge < -0.3 is 15.7 Å². The van der Waals surface area contributed by atoms with Gasteiger partial charge in [0.25, 0.3) is 5.91 Å². The molecule has 49 heavy (non-hydrogen) atoms. The van der Waals surface area contributed by atoms with Gasteiger partial charge in [0.2, 0.25) is 5.91 Å². The minimum absolute atomic E-state index is 0.0960. The lowest BCUT2D eigenvalue weighted by molar-refractivity contribution is -0.141. The molecule has 0 bridgehead atoms. The van der Waals surface area contributed by atoms with Crippen molar-refractivity contribution in [3.8, 4) is 33.6 Å². The summed E-state index contributed by atoms with van der Waals surface area (Å²) in [5.41, 5.74) is 8.53. The summed E-state index contributed by atoms with van der Waals surface area (Å²) < 4.78 is 0. The molecule has 0 fully saturated rings. The highest BCUT2D eigenvalue weighted by Gasteiger charge is 2.35. The molecule has 3 aromatic carbocycles. The second kappa shape index (κ2) is 13.0. The SMILES string of the molecule is C[C@@H](NC(=O)[C@H](Cc1ccc(-c2ncc(-c3ccc4c(c3)C(C)(C)c3ccccc3-4)cn2)cc1)NC(=O)c1ccc(C(C)(C)C)s1)C(=O)O. The van der Waals surface area contributed by atoms with Crippen molar-refractivity contribution in [3.05, 3.63) is 118 Å². The number of carbonyl (C=O) groups is 3. The lowest BCUT2D eigenvalue weighted by Gasteiger charge is -2.21. The highest BCUT2D eigenvalue weighted by Crippen LogP contribution is 2.49. The van der Waals surface area contributed by atoms with Crippen LogP contribution >= 0.6 is 11.3 Å². The molecule has 8 nitrogen and oxygen atoms in total. The van der Waals surface area contributed by atoms with Crippen LogP contribution in [-0.2, 0) is 26.8 Å². The van der Waals surface area contributed by atoms with E-state index in [2.05, 4.69) is 97.7 Å². The number of fused-ring (bicyclic) bond motifs is 3. The molecule has 0 saturated carbocycles. The van der Waals surface area contributed by atoms with E-state index in [0.717, 1.165) is 27.1 Å². The molecule has 0 saturated heterocycles. The molecule has 0 aliphatic heterocycles. The van der Waals surface area contributed by atoms with E-state index in [4.69, 9.17) is 0 Å². The van der Waals surface area contributed by atoms with Crippen molar-refractivity contribution in [3.63, 3.8) is 0 Å². The molecular weight excluding hydrogens is 633 g/mol. The van der Waals surface area contributed by atoms with Gasteiger partial charge in [-0.1, -0.05) is 95.3 Å². The molecule has 5 aromatic rings. The monoisotopic (exact) mass is 672 g/mol. The third-order valence-corrected chi connectivity index (χ3v) is 10.7. The number of carbonyl (C=O) groups excluding carboxylic acids is 2. The number of nitrogens with one attached hydrogen (secondary N) is 2. The largest absolute Gasteiger partial charge is 0.480 e. The highest BCUT2D eigenvalue weighted by atomic mass is 32.1. The first-order chi connectivity index (χ1) is 23.2. The summed E-state index contributed by atoms with van der Waals surface area (Å²) >= 11 is 1.38. The molecule has 2 atom stereocenters. The smallest absolute Gasteiger partial charge is 0.325 e. The zero-order valence-corrected chi connectivity index (χ0v) is 29.3. The van der Waals surface area contributed by atoms with Crippen molar-refractivity contribution in [2.24, 2.45) is 0 Å². The molecule has 2 heterocycles. The fourth-order valence-electron chi connectivity index (χ4n) is 6.21. The van der Waals surface area contributed by atoms with Crippen molar-refractivity contribution in [2.75, 3.05) is 0 Å². The number of nitrogens with zero attached hydrogens (tertiary/aromatic N) is 2. The first kappa shape index (κ1) is 33.7. The summed E-state index contributed by atoms with van der Waals surface area (Å²) in [5.74, 6) is -1.55. The summed E-state index contributed by atoms with van der Waals surface area (Å²) in [6, 6.07) is 24.2. The number of amides is 2. The Kier molecular flexibility index (Phi) is 8.98. The van der Waals surface area contributed by atoms with Gasteiger partial charge in [0.05, 0.1) is 4.88 Å². The van der Waals surface area contributed by atoms with E-state index < -0.39 is 24.0 Å². The van der Waals surface area contributed by atoms with Gasteiger partial charge >= 0.3 is 5.97 Å². The van der Waals surface area contributed by atoms with Gasteiger partial charge in [0, 0.05) is 40.2 Å². The third-order valence-electron chi connectivity index (χ3n) is 9.14. The number of aliphatic carboxylic acids is 1. The Morgan fingerprint density at radius 2 is 1.47 bits per heavy atom. The van der Waals surface area contributed by atoms with E-state index in [1.807, 2.05) is 42.7 Å². The average Bonchev–Trinajstić information content (AvgIpc) is 3.67. The molecule has 0 radical (unpaired) electrons. The van der Waals surface area contributed by atoms with E-state index >= 15 is 0 Å². The highest BCUT2D eigenvalue weighted by molar-refractivity contribution is 7.14. The standard InChI is InChI=1S/C40H40N4O4S/c1-23(38(47)48)43-36(45)32(44-37(46)33-17-18-34(49-33)39(2,3)4)19-24-11-13-25(14-12-24)35-41-21-27(22-42-35)26-15-16-29-28-9-7-8-10-30(28)40(5,6)31(29)20-26/h7-18,20-23,32H,19H2,1-6H3,(H,43,45)(H,44,46)(H,47,48)/t23-,32+/m1/s1. The van der Waals surface area contributed by atoms with Crippen LogP contribution in [0.2, 0.25) is 0 Å². The number of hydrogen-bond donors (Lipinski definition) is 3. The average molecular weight is 673 g/mol. The third kappa shape index (κ3) is 6.89. The molecule has 1 aliphatic rings. The molecular formula is C40H40N4O4S. The molecule has 0 unspecified atom stereocenters. The molecule has 1 aliphatic carbocycles. The van der Waals surface area contributed by atoms with Gasteiger partial charge in [-0.05, 0) is 63.9 Å². The van der Waals surface area contributed by atoms with Gasteiger partial charge in [-0.2, -0.15) is 0 Å². The van der Waals surface area contributed by atoms with Crippen LogP contribution in [0.25, 0.3) is 33.6 Å². The number of benzene rings is 3. The maximum absolute atomic E-state index is 13.2.